The van der Waals surface area contributed by atoms with E-state index in [0.717, 1.165) is 11.3 Å². The first kappa shape index (κ1) is 20.9. The summed E-state index contributed by atoms with van der Waals surface area (Å²) in [5.41, 5.74) is 2.01. The molecule has 0 aromatic heterocycles. The highest BCUT2D eigenvalue weighted by Gasteiger charge is 1.93. The molecule has 0 heterocycles. The predicted octanol–water partition coefficient (Wildman–Crippen LogP) is 2.31. The van der Waals surface area contributed by atoms with Crippen LogP contribution < -0.4 is 5.32 Å². The highest BCUT2D eigenvalue weighted by Crippen LogP contribution is 2.08. The Bertz CT molecular complexity index is 443. The van der Waals surface area contributed by atoms with E-state index in [2.05, 4.69) is 14.8 Å². The zero-order valence-corrected chi connectivity index (χ0v) is 13.4. The van der Waals surface area contributed by atoms with Gasteiger partial charge in [0.15, 0.2) is 0 Å². The van der Waals surface area contributed by atoms with Crippen molar-refractivity contribution in [3.63, 3.8) is 0 Å². The van der Waals surface area contributed by atoms with Crippen molar-refractivity contribution >= 4 is 23.5 Å². The number of carbonyl (C=O) groups excluding carboxylic acids is 3. The summed E-state index contributed by atoms with van der Waals surface area (Å²) < 4.78 is 8.22. The topological polar surface area (TPSA) is 81.7 Å². The number of hydrogen-bond donors (Lipinski definition) is 1. The highest BCUT2D eigenvalue weighted by atomic mass is 16.5. The molecule has 0 aliphatic heterocycles. The maximum absolute atomic E-state index is 10.6. The lowest BCUT2D eigenvalue weighted by atomic mass is 10.2. The van der Waals surface area contributed by atoms with Gasteiger partial charge in [-0.2, -0.15) is 0 Å². The molecule has 0 unspecified atom stereocenters. The number of amides is 1. The lowest BCUT2D eigenvalue weighted by Crippen LogP contribution is -2.05. The van der Waals surface area contributed by atoms with Gasteiger partial charge in [-0.15, -0.1) is 0 Å². The minimum atomic E-state index is -0.245. The first-order valence-electron chi connectivity index (χ1n) is 6.16. The van der Waals surface area contributed by atoms with Gasteiger partial charge in [0.25, 0.3) is 0 Å². The van der Waals surface area contributed by atoms with Gasteiger partial charge in [0, 0.05) is 26.5 Å². The lowest BCUT2D eigenvalue weighted by molar-refractivity contribution is -0.138. The third-order valence-electron chi connectivity index (χ3n) is 1.91. The summed E-state index contributed by atoms with van der Waals surface area (Å²) in [5.74, 6) is -0.523. The number of nitrogens with one attached hydrogen (secondary N) is 1. The third kappa shape index (κ3) is 17.6. The molecule has 0 radical (unpaired) electrons. The Labute approximate surface area is 125 Å². The largest absolute Gasteiger partial charge is 0.469 e. The van der Waals surface area contributed by atoms with Crippen LogP contribution in [0.3, 0.4) is 0 Å². The van der Waals surface area contributed by atoms with Gasteiger partial charge < -0.3 is 14.8 Å². The molecule has 1 amide bonds. The van der Waals surface area contributed by atoms with Crippen LogP contribution in [-0.2, 0) is 23.9 Å². The van der Waals surface area contributed by atoms with Crippen LogP contribution in [-0.4, -0.2) is 32.1 Å². The van der Waals surface area contributed by atoms with Crippen molar-refractivity contribution in [1.82, 2.24) is 0 Å². The van der Waals surface area contributed by atoms with Crippen molar-refractivity contribution in [2.24, 2.45) is 0 Å². The summed E-state index contributed by atoms with van der Waals surface area (Å²) in [5, 5.41) is 2.71. The molecular formula is C15H23NO5. The maximum atomic E-state index is 10.6. The molecule has 0 aliphatic rings. The number of esters is 2. The third-order valence-corrected chi connectivity index (χ3v) is 1.91. The van der Waals surface area contributed by atoms with Gasteiger partial charge in [0.05, 0.1) is 14.2 Å². The number of methoxy groups -OCH3 is 2. The molecular weight excluding hydrogens is 274 g/mol. The molecule has 0 saturated heterocycles. The molecule has 6 heteroatoms. The minimum absolute atomic E-state index is 0.0319. The quantitative estimate of drug-likeness (QED) is 0.804. The number of hydrogen-bond acceptors (Lipinski definition) is 5. The molecule has 1 aromatic carbocycles. The van der Waals surface area contributed by atoms with Crippen LogP contribution in [0.2, 0.25) is 0 Å². The molecule has 1 N–H and O–H groups in total. The SMILES string of the molecule is CC(=O)Nc1cccc(C)c1.COC(C)=O.COC(C)=O. The van der Waals surface area contributed by atoms with Crippen LogP contribution in [0.15, 0.2) is 24.3 Å². The second-order valence-electron chi connectivity index (χ2n) is 3.94. The molecule has 0 fully saturated rings. The van der Waals surface area contributed by atoms with Gasteiger partial charge in [0.1, 0.15) is 0 Å². The summed E-state index contributed by atoms with van der Waals surface area (Å²) in [7, 11) is 2.70. The van der Waals surface area contributed by atoms with E-state index < -0.39 is 0 Å². The van der Waals surface area contributed by atoms with Gasteiger partial charge in [-0.3, -0.25) is 14.4 Å². The minimum Gasteiger partial charge on any atom is -0.469 e. The van der Waals surface area contributed by atoms with E-state index in [0.29, 0.717) is 0 Å². The summed E-state index contributed by atoms with van der Waals surface area (Å²) in [6, 6.07) is 7.71. The second-order valence-corrected chi connectivity index (χ2v) is 3.94. The van der Waals surface area contributed by atoms with E-state index in [1.807, 2.05) is 31.2 Å². The molecule has 0 atom stereocenters. The number of anilines is 1. The van der Waals surface area contributed by atoms with Gasteiger partial charge in [-0.05, 0) is 24.6 Å². The van der Waals surface area contributed by atoms with Crippen LogP contribution in [0.5, 0.6) is 0 Å². The molecule has 0 bridgehead atoms. The number of rotatable bonds is 1. The molecule has 6 nitrogen and oxygen atoms in total. The van der Waals surface area contributed by atoms with Gasteiger partial charge in [-0.25, -0.2) is 0 Å². The van der Waals surface area contributed by atoms with E-state index in [4.69, 9.17) is 0 Å². The van der Waals surface area contributed by atoms with Crippen molar-refractivity contribution in [2.75, 3.05) is 19.5 Å². The molecule has 21 heavy (non-hydrogen) atoms. The van der Waals surface area contributed by atoms with E-state index in [1.165, 1.54) is 35.0 Å². The first-order valence-corrected chi connectivity index (χ1v) is 6.16. The van der Waals surface area contributed by atoms with Crippen LogP contribution >= 0.6 is 0 Å². The summed E-state index contributed by atoms with van der Waals surface area (Å²) >= 11 is 0. The summed E-state index contributed by atoms with van der Waals surface area (Å²) in [6.45, 7) is 6.22. The maximum Gasteiger partial charge on any atom is 0.302 e. The van der Waals surface area contributed by atoms with Crippen molar-refractivity contribution in [2.45, 2.75) is 27.7 Å². The molecule has 0 spiro atoms. The molecule has 0 saturated carbocycles. The summed E-state index contributed by atoms with van der Waals surface area (Å²) in [6.07, 6.45) is 0. The van der Waals surface area contributed by atoms with Crippen molar-refractivity contribution in [1.29, 1.82) is 0 Å². The standard InChI is InChI=1S/C9H11NO.2C3H6O2/c1-7-4-3-5-9(6-7)10-8(2)11;2*1-3(4)5-2/h3-6H,1-2H3,(H,10,11);2*1-2H3. The van der Waals surface area contributed by atoms with E-state index in [1.54, 1.807) is 0 Å². The Morgan fingerprint density at radius 3 is 1.67 bits per heavy atom. The fourth-order valence-electron chi connectivity index (χ4n) is 0.926. The van der Waals surface area contributed by atoms with Gasteiger partial charge >= 0.3 is 11.9 Å². The fraction of sp³-hybridized carbons (Fsp3) is 0.400. The van der Waals surface area contributed by atoms with Crippen LogP contribution in [0, 0.1) is 6.92 Å². The lowest BCUT2D eigenvalue weighted by Gasteiger charge is -2.01. The average molecular weight is 297 g/mol. The monoisotopic (exact) mass is 297 g/mol. The fourth-order valence-corrected chi connectivity index (χ4v) is 0.926. The molecule has 1 aromatic rings. The first-order chi connectivity index (χ1) is 9.72. The Kier molecular flexibility index (Phi) is 12.6. The molecule has 1 rings (SSSR count). The van der Waals surface area contributed by atoms with Crippen molar-refractivity contribution in [3.05, 3.63) is 29.8 Å². The smallest absolute Gasteiger partial charge is 0.302 e. The zero-order valence-electron chi connectivity index (χ0n) is 13.4. The van der Waals surface area contributed by atoms with Crippen LogP contribution in [0.1, 0.15) is 26.3 Å². The Hall–Kier alpha value is -2.37. The number of aryl methyl sites for hydroxylation is 1. The summed E-state index contributed by atoms with van der Waals surface area (Å²) in [4.78, 5) is 29.8. The van der Waals surface area contributed by atoms with Gasteiger partial charge in [-0.1, -0.05) is 12.1 Å². The second kappa shape index (κ2) is 12.7. The van der Waals surface area contributed by atoms with E-state index in [-0.39, 0.29) is 17.8 Å². The van der Waals surface area contributed by atoms with E-state index >= 15 is 0 Å². The number of carbonyl (C=O) groups is 3. The number of benzene rings is 1. The van der Waals surface area contributed by atoms with Crippen molar-refractivity contribution < 1.29 is 23.9 Å². The highest BCUT2D eigenvalue weighted by molar-refractivity contribution is 5.88. The molecule has 118 valence electrons. The van der Waals surface area contributed by atoms with Crippen LogP contribution in [0.4, 0.5) is 5.69 Å². The average Bonchev–Trinajstić information content (AvgIpc) is 2.39. The van der Waals surface area contributed by atoms with Crippen LogP contribution in [0.25, 0.3) is 0 Å². The Balaban J connectivity index is 0. The Morgan fingerprint density at radius 1 is 0.952 bits per heavy atom. The number of ether oxygens (including phenoxy) is 2. The Morgan fingerprint density at radius 2 is 1.38 bits per heavy atom. The van der Waals surface area contributed by atoms with Gasteiger partial charge in [0.2, 0.25) is 5.91 Å². The zero-order chi connectivity index (χ0) is 16.8. The van der Waals surface area contributed by atoms with E-state index in [9.17, 15) is 14.4 Å². The van der Waals surface area contributed by atoms with Crippen molar-refractivity contribution in [3.8, 4) is 0 Å². The molecule has 0 aliphatic carbocycles. The normalized spacial score (nSPS) is 8.10. The predicted molar refractivity (Wildman–Crippen MR) is 80.9 cm³/mol.